The van der Waals surface area contributed by atoms with Gasteiger partial charge in [0.1, 0.15) is 0 Å². The second-order valence-electron chi connectivity index (χ2n) is 6.80. The van der Waals surface area contributed by atoms with Crippen molar-refractivity contribution in [3.8, 4) is 0 Å². The maximum atomic E-state index is 6.10. The lowest BCUT2D eigenvalue weighted by molar-refractivity contribution is 0.312. The van der Waals surface area contributed by atoms with Crippen LogP contribution in [-0.2, 0) is 11.8 Å². The molecule has 4 nitrogen and oxygen atoms in total. The summed E-state index contributed by atoms with van der Waals surface area (Å²) in [6, 6.07) is 0.0929. The third-order valence-electron chi connectivity index (χ3n) is 3.32. The zero-order valence-electron chi connectivity index (χ0n) is 11.3. The first-order valence-electron chi connectivity index (χ1n) is 6.37. The zero-order chi connectivity index (χ0) is 12.7. The molecule has 0 saturated heterocycles. The van der Waals surface area contributed by atoms with Crippen LogP contribution in [0.25, 0.3) is 0 Å². The molecule has 0 spiro atoms. The van der Waals surface area contributed by atoms with E-state index in [2.05, 4.69) is 37.8 Å². The Kier molecular flexibility index (Phi) is 3.02. The molecule has 4 heteroatoms. The van der Waals surface area contributed by atoms with Crippen molar-refractivity contribution in [3.05, 3.63) is 11.7 Å². The Hall–Kier alpha value is -0.900. The fraction of sp³-hybridized carbons (Fsp3) is 0.846. The molecule has 0 bridgehead atoms. The minimum absolute atomic E-state index is 0.0929. The zero-order valence-corrected chi connectivity index (χ0v) is 11.3. The van der Waals surface area contributed by atoms with E-state index < -0.39 is 0 Å². The van der Waals surface area contributed by atoms with Crippen LogP contribution < -0.4 is 5.73 Å². The molecule has 1 heterocycles. The maximum absolute atomic E-state index is 6.10. The predicted octanol–water partition coefficient (Wildman–Crippen LogP) is 2.43. The van der Waals surface area contributed by atoms with Gasteiger partial charge in [-0.25, -0.2) is 0 Å². The van der Waals surface area contributed by atoms with E-state index in [4.69, 9.17) is 10.3 Å². The average Bonchev–Trinajstić information content (AvgIpc) is 2.73. The molecule has 17 heavy (non-hydrogen) atoms. The van der Waals surface area contributed by atoms with Crippen LogP contribution in [0.3, 0.4) is 0 Å². The summed E-state index contributed by atoms with van der Waals surface area (Å²) in [5.74, 6) is 1.54. The van der Waals surface area contributed by atoms with Crippen LogP contribution in [0, 0.1) is 5.41 Å². The number of hydrogen-bond donors (Lipinski definition) is 1. The number of nitrogens with zero attached hydrogens (tertiary/aromatic N) is 2. The normalized spacial score (nSPS) is 20.3. The quantitative estimate of drug-likeness (QED) is 0.873. The van der Waals surface area contributed by atoms with E-state index in [1.54, 1.807) is 0 Å². The Balaban J connectivity index is 1.93. The van der Waals surface area contributed by atoms with Gasteiger partial charge in [-0.2, -0.15) is 4.98 Å². The molecule has 0 aliphatic heterocycles. The molecule has 1 aliphatic carbocycles. The summed E-state index contributed by atoms with van der Waals surface area (Å²) in [5.41, 5.74) is 6.52. The van der Waals surface area contributed by atoms with Crippen molar-refractivity contribution in [2.75, 3.05) is 0 Å². The predicted molar refractivity (Wildman–Crippen MR) is 66.6 cm³/mol. The molecule has 2 rings (SSSR count). The second-order valence-corrected chi connectivity index (χ2v) is 6.80. The molecule has 1 fully saturated rings. The van der Waals surface area contributed by atoms with Gasteiger partial charge in [0.2, 0.25) is 5.89 Å². The van der Waals surface area contributed by atoms with Gasteiger partial charge in [0, 0.05) is 17.9 Å². The van der Waals surface area contributed by atoms with E-state index >= 15 is 0 Å². The lowest BCUT2D eigenvalue weighted by Gasteiger charge is -2.21. The summed E-state index contributed by atoms with van der Waals surface area (Å²) in [6.07, 6.45) is 3.97. The van der Waals surface area contributed by atoms with Crippen LogP contribution in [0.5, 0.6) is 0 Å². The van der Waals surface area contributed by atoms with Crippen LogP contribution in [0.4, 0.5) is 0 Å². The number of nitrogens with two attached hydrogens (primary N) is 1. The number of aromatic nitrogens is 2. The van der Waals surface area contributed by atoms with Crippen LogP contribution in [0.15, 0.2) is 4.52 Å². The SMILES string of the molecule is CC(C)(C)CC(N)Cc1nc(C2(C)CC2)no1. The molecule has 1 unspecified atom stereocenters. The third kappa shape index (κ3) is 3.28. The molecule has 0 amide bonds. The van der Waals surface area contributed by atoms with Gasteiger partial charge in [-0.3, -0.25) is 0 Å². The first kappa shape index (κ1) is 12.6. The second kappa shape index (κ2) is 4.09. The molecule has 1 saturated carbocycles. The van der Waals surface area contributed by atoms with Gasteiger partial charge in [0.15, 0.2) is 5.82 Å². The van der Waals surface area contributed by atoms with Crippen molar-refractivity contribution in [3.63, 3.8) is 0 Å². The highest BCUT2D eigenvalue weighted by molar-refractivity contribution is 5.14. The van der Waals surface area contributed by atoms with Crippen LogP contribution in [-0.4, -0.2) is 16.2 Å². The van der Waals surface area contributed by atoms with E-state index in [1.807, 2.05) is 0 Å². The van der Waals surface area contributed by atoms with Crippen molar-refractivity contribution in [2.45, 2.75) is 64.8 Å². The summed E-state index contributed by atoms with van der Waals surface area (Å²) in [5, 5.41) is 4.06. The summed E-state index contributed by atoms with van der Waals surface area (Å²) in [6.45, 7) is 8.75. The maximum Gasteiger partial charge on any atom is 0.228 e. The minimum atomic E-state index is 0.0929. The first-order valence-corrected chi connectivity index (χ1v) is 6.37. The van der Waals surface area contributed by atoms with Gasteiger partial charge in [-0.15, -0.1) is 0 Å². The molecular formula is C13H23N3O. The molecule has 0 aromatic carbocycles. The van der Waals surface area contributed by atoms with Crippen molar-refractivity contribution in [1.29, 1.82) is 0 Å². The summed E-state index contributed by atoms with van der Waals surface area (Å²) in [7, 11) is 0. The smallest absolute Gasteiger partial charge is 0.228 e. The highest BCUT2D eigenvalue weighted by Gasteiger charge is 2.43. The highest BCUT2D eigenvalue weighted by atomic mass is 16.5. The third-order valence-corrected chi connectivity index (χ3v) is 3.32. The van der Waals surface area contributed by atoms with Crippen LogP contribution in [0.2, 0.25) is 0 Å². The molecule has 0 radical (unpaired) electrons. The molecule has 96 valence electrons. The summed E-state index contributed by atoms with van der Waals surface area (Å²) >= 11 is 0. The van der Waals surface area contributed by atoms with E-state index in [1.165, 1.54) is 12.8 Å². The van der Waals surface area contributed by atoms with Gasteiger partial charge >= 0.3 is 0 Å². The fourth-order valence-electron chi connectivity index (χ4n) is 2.08. The van der Waals surface area contributed by atoms with Gasteiger partial charge < -0.3 is 10.3 Å². The summed E-state index contributed by atoms with van der Waals surface area (Å²) in [4.78, 5) is 4.46. The Bertz CT molecular complexity index is 388. The van der Waals surface area contributed by atoms with Crippen molar-refractivity contribution in [2.24, 2.45) is 11.1 Å². The van der Waals surface area contributed by atoms with Gasteiger partial charge in [-0.1, -0.05) is 32.9 Å². The topological polar surface area (TPSA) is 64.9 Å². The van der Waals surface area contributed by atoms with Crippen molar-refractivity contribution >= 4 is 0 Å². The molecular weight excluding hydrogens is 214 g/mol. The lowest BCUT2D eigenvalue weighted by Crippen LogP contribution is -2.28. The van der Waals surface area contributed by atoms with Crippen LogP contribution >= 0.6 is 0 Å². The van der Waals surface area contributed by atoms with Crippen LogP contribution in [0.1, 0.15) is 58.7 Å². The van der Waals surface area contributed by atoms with Gasteiger partial charge in [-0.05, 0) is 24.7 Å². The fourth-order valence-corrected chi connectivity index (χ4v) is 2.08. The summed E-state index contributed by atoms with van der Waals surface area (Å²) < 4.78 is 5.28. The van der Waals surface area contributed by atoms with E-state index in [0.29, 0.717) is 12.3 Å². The Labute approximate surface area is 103 Å². The molecule has 1 aromatic rings. The Morgan fingerprint density at radius 3 is 2.59 bits per heavy atom. The number of hydrogen-bond acceptors (Lipinski definition) is 4. The van der Waals surface area contributed by atoms with Crippen molar-refractivity contribution in [1.82, 2.24) is 10.1 Å². The monoisotopic (exact) mass is 237 g/mol. The van der Waals surface area contributed by atoms with E-state index in [0.717, 1.165) is 12.2 Å². The number of rotatable bonds is 4. The minimum Gasteiger partial charge on any atom is -0.339 e. The molecule has 1 atom stereocenters. The lowest BCUT2D eigenvalue weighted by atomic mass is 9.87. The average molecular weight is 237 g/mol. The largest absolute Gasteiger partial charge is 0.339 e. The van der Waals surface area contributed by atoms with E-state index in [9.17, 15) is 0 Å². The Morgan fingerprint density at radius 2 is 2.06 bits per heavy atom. The Morgan fingerprint density at radius 1 is 1.41 bits per heavy atom. The highest BCUT2D eigenvalue weighted by Crippen LogP contribution is 2.45. The first-order chi connectivity index (χ1) is 7.78. The van der Waals surface area contributed by atoms with Gasteiger partial charge in [0.25, 0.3) is 0 Å². The molecule has 1 aliphatic rings. The van der Waals surface area contributed by atoms with Crippen molar-refractivity contribution < 1.29 is 4.52 Å². The standard InChI is InChI=1S/C13H23N3O/c1-12(2,3)8-9(14)7-10-15-11(16-17-10)13(4)5-6-13/h9H,5-8,14H2,1-4H3. The van der Waals surface area contributed by atoms with Gasteiger partial charge in [0.05, 0.1) is 0 Å². The molecule has 1 aromatic heterocycles. The molecule has 2 N–H and O–H groups in total. The van der Waals surface area contributed by atoms with E-state index in [-0.39, 0.29) is 16.9 Å².